The van der Waals surface area contributed by atoms with Gasteiger partial charge in [-0.2, -0.15) is 0 Å². The fraction of sp³-hybridized carbons (Fsp3) is 0.120. The molecule has 2 aromatic carbocycles. The number of benzene rings is 2. The summed E-state index contributed by atoms with van der Waals surface area (Å²) in [5.41, 5.74) is 3.21. The van der Waals surface area contributed by atoms with Gasteiger partial charge in [-0.3, -0.25) is 15.1 Å². The molecule has 9 heteroatoms. The first-order valence-electron chi connectivity index (χ1n) is 10.5. The van der Waals surface area contributed by atoms with Crippen LogP contribution < -0.4 is 10.2 Å². The summed E-state index contributed by atoms with van der Waals surface area (Å²) in [4.78, 5) is 17.7. The molecule has 4 aromatic rings. The number of furan rings is 1. The monoisotopic (exact) mass is 534 g/mol. The Labute approximate surface area is 209 Å². The molecule has 1 aliphatic heterocycles. The highest BCUT2D eigenvalue weighted by Crippen LogP contribution is 2.44. The zero-order chi connectivity index (χ0) is 23.8. The number of halogens is 1. The Morgan fingerprint density at radius 3 is 2.65 bits per heavy atom. The summed E-state index contributed by atoms with van der Waals surface area (Å²) in [7, 11) is 0. The van der Waals surface area contributed by atoms with Gasteiger partial charge in [0.2, 0.25) is 0 Å². The summed E-state index contributed by atoms with van der Waals surface area (Å²) >= 11 is 9.31. The first-order chi connectivity index (χ1) is 16.4. The molecule has 0 unspecified atom stereocenters. The average Bonchev–Trinajstić information content (AvgIpc) is 3.46. The summed E-state index contributed by atoms with van der Waals surface area (Å²) in [5.74, 6) is 1.04. The second-order valence-corrected chi connectivity index (χ2v) is 9.15. The molecule has 1 aliphatic rings. The van der Waals surface area contributed by atoms with Gasteiger partial charge < -0.3 is 14.6 Å². The molecule has 170 valence electrons. The third kappa shape index (κ3) is 3.97. The molecule has 7 nitrogen and oxygen atoms in total. The van der Waals surface area contributed by atoms with Crippen LogP contribution in [0, 0.1) is 17.0 Å². The van der Waals surface area contributed by atoms with Crippen molar-refractivity contribution in [1.82, 2.24) is 10.3 Å². The molecule has 0 radical (unpaired) electrons. The molecule has 1 saturated heterocycles. The number of aryl methyl sites for hydroxylation is 1. The molecular weight excluding hydrogens is 516 g/mol. The van der Waals surface area contributed by atoms with Crippen molar-refractivity contribution in [2.24, 2.45) is 0 Å². The Balaban J connectivity index is 1.63. The number of aromatic nitrogens is 1. The lowest BCUT2D eigenvalue weighted by Crippen LogP contribution is -2.29. The van der Waals surface area contributed by atoms with E-state index in [4.69, 9.17) is 16.6 Å². The maximum absolute atomic E-state index is 11.6. The van der Waals surface area contributed by atoms with Gasteiger partial charge in [-0.05, 0) is 73.2 Å². The fourth-order valence-electron chi connectivity index (χ4n) is 4.20. The molecule has 2 atom stereocenters. The largest absolute Gasteiger partial charge is 0.459 e. The second-order valence-electron chi connectivity index (χ2n) is 7.91. The molecule has 0 amide bonds. The molecule has 0 bridgehead atoms. The minimum atomic E-state index is -0.405. The number of thiocarbonyl (C=S) groups is 1. The number of pyridine rings is 1. The van der Waals surface area contributed by atoms with E-state index in [9.17, 15) is 10.1 Å². The Hall–Kier alpha value is -3.56. The predicted octanol–water partition coefficient (Wildman–Crippen LogP) is 6.50. The normalized spacial score (nSPS) is 17.6. The van der Waals surface area contributed by atoms with E-state index in [0.29, 0.717) is 22.2 Å². The van der Waals surface area contributed by atoms with Crippen molar-refractivity contribution in [1.29, 1.82) is 0 Å². The van der Waals surface area contributed by atoms with E-state index in [0.717, 1.165) is 21.4 Å². The number of hydrogen-bond donors (Lipinski definition) is 1. The molecular formula is C25H19BrN4O3S. The minimum absolute atomic E-state index is 0.00913. The SMILES string of the molecule is Cc1cc(N2C(=S)N[C@H](c3ccccn3)[C@@H]2c2ccc(-c3ccccc3[N+](=O)[O-])o2)ccc1Br. The van der Waals surface area contributed by atoms with Crippen LogP contribution in [-0.2, 0) is 0 Å². The van der Waals surface area contributed by atoms with Crippen LogP contribution in [0.25, 0.3) is 11.3 Å². The number of para-hydroxylation sites is 1. The summed E-state index contributed by atoms with van der Waals surface area (Å²) < 4.78 is 7.27. The first-order valence-corrected chi connectivity index (χ1v) is 11.7. The molecule has 1 fully saturated rings. The van der Waals surface area contributed by atoms with Gasteiger partial charge in [0.05, 0.1) is 22.2 Å². The lowest BCUT2D eigenvalue weighted by molar-refractivity contribution is -0.384. The van der Waals surface area contributed by atoms with Crippen LogP contribution in [0.1, 0.15) is 29.1 Å². The third-order valence-corrected chi connectivity index (χ3v) is 7.01. The number of nitrogens with one attached hydrogen (secondary N) is 1. The highest BCUT2D eigenvalue weighted by molar-refractivity contribution is 9.10. The molecule has 0 spiro atoms. The van der Waals surface area contributed by atoms with Gasteiger partial charge in [-0.25, -0.2) is 0 Å². The molecule has 2 aromatic heterocycles. The van der Waals surface area contributed by atoms with Gasteiger partial charge in [-0.15, -0.1) is 0 Å². The van der Waals surface area contributed by atoms with Gasteiger partial charge in [0.15, 0.2) is 5.11 Å². The highest BCUT2D eigenvalue weighted by Gasteiger charge is 2.42. The van der Waals surface area contributed by atoms with E-state index in [1.54, 1.807) is 30.5 Å². The predicted molar refractivity (Wildman–Crippen MR) is 138 cm³/mol. The van der Waals surface area contributed by atoms with Crippen LogP contribution in [0.15, 0.2) is 87.9 Å². The third-order valence-electron chi connectivity index (χ3n) is 5.80. The summed E-state index contributed by atoms with van der Waals surface area (Å²) in [6.45, 7) is 2.02. The zero-order valence-corrected chi connectivity index (χ0v) is 20.4. The molecule has 3 heterocycles. The molecule has 5 rings (SSSR count). The van der Waals surface area contributed by atoms with Crippen molar-refractivity contribution < 1.29 is 9.34 Å². The summed E-state index contributed by atoms with van der Waals surface area (Å²) in [6.07, 6.45) is 1.74. The van der Waals surface area contributed by atoms with Crippen molar-refractivity contribution in [3.8, 4) is 11.3 Å². The summed E-state index contributed by atoms with van der Waals surface area (Å²) in [5, 5.41) is 15.5. The van der Waals surface area contributed by atoms with Gasteiger partial charge >= 0.3 is 0 Å². The molecule has 1 N–H and O–H groups in total. The van der Waals surface area contributed by atoms with Crippen molar-refractivity contribution in [3.05, 3.63) is 111 Å². The topological polar surface area (TPSA) is 84.4 Å². The Kier molecular flexibility index (Phi) is 5.89. The van der Waals surface area contributed by atoms with E-state index < -0.39 is 4.92 Å². The number of nitrogens with zero attached hydrogens (tertiary/aromatic N) is 3. The first kappa shape index (κ1) is 22.2. The maximum Gasteiger partial charge on any atom is 0.280 e. The van der Waals surface area contributed by atoms with E-state index in [1.807, 2.05) is 48.2 Å². The van der Waals surface area contributed by atoms with Crippen LogP contribution >= 0.6 is 28.1 Å². The number of nitro groups is 1. The number of hydrogen-bond acceptors (Lipinski definition) is 5. The van der Waals surface area contributed by atoms with Crippen LogP contribution in [0.5, 0.6) is 0 Å². The number of nitro benzene ring substituents is 1. The molecule has 0 aliphatic carbocycles. The van der Waals surface area contributed by atoms with Gasteiger partial charge in [0.1, 0.15) is 17.6 Å². The minimum Gasteiger partial charge on any atom is -0.459 e. The lowest BCUT2D eigenvalue weighted by atomic mass is 10.0. The van der Waals surface area contributed by atoms with Crippen LogP contribution in [0.4, 0.5) is 11.4 Å². The van der Waals surface area contributed by atoms with Crippen LogP contribution in [0.3, 0.4) is 0 Å². The van der Waals surface area contributed by atoms with E-state index in [-0.39, 0.29) is 17.8 Å². The van der Waals surface area contributed by atoms with Gasteiger partial charge in [0, 0.05) is 22.4 Å². The van der Waals surface area contributed by atoms with Gasteiger partial charge in [-0.1, -0.05) is 34.1 Å². The van der Waals surface area contributed by atoms with Gasteiger partial charge in [0.25, 0.3) is 5.69 Å². The van der Waals surface area contributed by atoms with Crippen molar-refractivity contribution in [2.75, 3.05) is 4.90 Å². The smallest absolute Gasteiger partial charge is 0.280 e. The Morgan fingerprint density at radius 1 is 1.12 bits per heavy atom. The lowest BCUT2D eigenvalue weighted by Gasteiger charge is -2.26. The molecule has 0 saturated carbocycles. The van der Waals surface area contributed by atoms with E-state index >= 15 is 0 Å². The number of anilines is 1. The zero-order valence-electron chi connectivity index (χ0n) is 18.0. The standard InChI is InChI=1S/C25H19BrN4O3S/c1-15-14-16(9-10-18(15)26)29-24(23(28-25(29)34)19-7-4-5-13-27-19)22-12-11-21(33-22)17-6-2-3-8-20(17)30(31)32/h2-14,23-24H,1H3,(H,28,34)/t23-,24+/m1/s1. The Bertz CT molecular complexity index is 1390. The van der Waals surface area contributed by atoms with Crippen molar-refractivity contribution in [3.63, 3.8) is 0 Å². The molecule has 34 heavy (non-hydrogen) atoms. The maximum atomic E-state index is 11.6. The average molecular weight is 535 g/mol. The fourth-order valence-corrected chi connectivity index (χ4v) is 4.79. The Morgan fingerprint density at radius 2 is 1.91 bits per heavy atom. The van der Waals surface area contributed by atoms with Crippen molar-refractivity contribution >= 4 is 44.6 Å². The highest BCUT2D eigenvalue weighted by atomic mass is 79.9. The summed E-state index contributed by atoms with van der Waals surface area (Å²) in [6, 6.07) is 21.3. The van der Waals surface area contributed by atoms with E-state index in [2.05, 4.69) is 32.3 Å². The second kappa shape index (κ2) is 9.00. The van der Waals surface area contributed by atoms with Crippen LogP contribution in [0.2, 0.25) is 0 Å². The van der Waals surface area contributed by atoms with E-state index in [1.165, 1.54) is 6.07 Å². The quantitative estimate of drug-likeness (QED) is 0.178. The van der Waals surface area contributed by atoms with Crippen LogP contribution in [-0.4, -0.2) is 15.0 Å². The van der Waals surface area contributed by atoms with Crippen molar-refractivity contribution in [2.45, 2.75) is 19.0 Å². The number of rotatable bonds is 5.